The van der Waals surface area contributed by atoms with Gasteiger partial charge in [0, 0.05) is 24.3 Å². The molecule has 11 heteroatoms. The Morgan fingerprint density at radius 1 is 0.886 bits per heavy atom. The number of amides is 1. The molecule has 1 N–H and O–H groups in total. The zero-order valence-electron chi connectivity index (χ0n) is 19.6. The summed E-state index contributed by atoms with van der Waals surface area (Å²) in [4.78, 5) is 12.1. The van der Waals surface area contributed by atoms with Crippen molar-refractivity contribution in [2.24, 2.45) is 0 Å². The minimum Gasteiger partial charge on any atom is -0.496 e. The van der Waals surface area contributed by atoms with Gasteiger partial charge in [0.15, 0.2) is 18.1 Å². The largest absolute Gasteiger partial charge is 0.496 e. The van der Waals surface area contributed by atoms with Gasteiger partial charge in [0.25, 0.3) is 5.91 Å². The van der Waals surface area contributed by atoms with Crippen molar-refractivity contribution in [3.63, 3.8) is 0 Å². The van der Waals surface area contributed by atoms with Crippen molar-refractivity contribution >= 4 is 11.6 Å². The Balaban J connectivity index is 1.30. The summed E-state index contributed by atoms with van der Waals surface area (Å²) in [6.07, 6.45) is 0. The van der Waals surface area contributed by atoms with Crippen LogP contribution in [0.15, 0.2) is 54.6 Å². The molecule has 35 heavy (non-hydrogen) atoms. The van der Waals surface area contributed by atoms with E-state index in [1.807, 2.05) is 24.3 Å². The van der Waals surface area contributed by atoms with Crippen molar-refractivity contribution in [2.75, 3.05) is 41.1 Å². The molecule has 0 radical (unpaired) electrons. The molecule has 0 aliphatic heterocycles. The number of hydrogen-bond donors (Lipinski definition) is 1. The number of fused-ring (bicyclic) bond motifs is 1. The van der Waals surface area contributed by atoms with Crippen molar-refractivity contribution in [3.05, 3.63) is 54.6 Å². The van der Waals surface area contributed by atoms with E-state index >= 15 is 0 Å². The molecule has 182 valence electrons. The average molecular weight is 479 g/mol. The second-order valence-corrected chi connectivity index (χ2v) is 7.20. The molecule has 11 nitrogen and oxygen atoms in total. The molecule has 2 heterocycles. The maximum absolute atomic E-state index is 12.1. The molecule has 1 amide bonds. The van der Waals surface area contributed by atoms with Crippen LogP contribution in [0.3, 0.4) is 0 Å². The molecule has 0 aliphatic carbocycles. The summed E-state index contributed by atoms with van der Waals surface area (Å²) in [5, 5.41) is 15.6. The number of rotatable bonds is 11. The number of methoxy groups -OCH3 is 3. The van der Waals surface area contributed by atoms with Crippen molar-refractivity contribution in [1.82, 2.24) is 25.1 Å². The van der Waals surface area contributed by atoms with Gasteiger partial charge in [0.2, 0.25) is 5.88 Å². The Morgan fingerprint density at radius 2 is 1.63 bits per heavy atom. The number of para-hydroxylation sites is 1. The van der Waals surface area contributed by atoms with Gasteiger partial charge in [-0.1, -0.05) is 12.1 Å². The second kappa shape index (κ2) is 11.1. The van der Waals surface area contributed by atoms with Crippen LogP contribution in [-0.2, 0) is 4.79 Å². The minimum atomic E-state index is -0.295. The van der Waals surface area contributed by atoms with E-state index in [2.05, 4.69) is 20.6 Å². The van der Waals surface area contributed by atoms with E-state index in [4.69, 9.17) is 23.7 Å². The highest BCUT2D eigenvalue weighted by molar-refractivity contribution is 5.77. The molecule has 0 bridgehead atoms. The van der Waals surface area contributed by atoms with Gasteiger partial charge in [-0.05, 0) is 18.2 Å². The highest BCUT2D eigenvalue weighted by Gasteiger charge is 2.14. The summed E-state index contributed by atoms with van der Waals surface area (Å²) >= 11 is 0. The molecule has 0 unspecified atom stereocenters. The van der Waals surface area contributed by atoms with Crippen LogP contribution in [0.1, 0.15) is 0 Å². The lowest BCUT2D eigenvalue weighted by Crippen LogP contribution is -2.32. The van der Waals surface area contributed by atoms with Gasteiger partial charge >= 0.3 is 0 Å². The fraction of sp³-hybridized carbons (Fsp3) is 0.250. The van der Waals surface area contributed by atoms with Gasteiger partial charge in [0.05, 0.1) is 33.4 Å². The summed E-state index contributed by atoms with van der Waals surface area (Å²) in [5.74, 6) is 2.86. The Hall–Kier alpha value is -4.54. The van der Waals surface area contributed by atoms with Gasteiger partial charge < -0.3 is 29.0 Å². The number of nitrogens with zero attached hydrogens (tertiary/aromatic N) is 4. The van der Waals surface area contributed by atoms with Crippen LogP contribution in [0.4, 0.5) is 0 Å². The van der Waals surface area contributed by atoms with E-state index in [1.165, 1.54) is 0 Å². The van der Waals surface area contributed by atoms with Crippen molar-refractivity contribution in [3.8, 4) is 40.3 Å². The number of ether oxygens (including phenoxy) is 5. The van der Waals surface area contributed by atoms with Gasteiger partial charge in [-0.2, -0.15) is 4.52 Å². The highest BCUT2D eigenvalue weighted by atomic mass is 16.5. The quantitative estimate of drug-likeness (QED) is 0.324. The normalized spacial score (nSPS) is 10.6. The molecule has 2 aromatic heterocycles. The fourth-order valence-corrected chi connectivity index (χ4v) is 3.26. The molecule has 2 aromatic carbocycles. The third kappa shape index (κ3) is 5.69. The van der Waals surface area contributed by atoms with E-state index in [0.717, 1.165) is 5.56 Å². The molecule has 0 saturated heterocycles. The standard InChI is InChI=1S/C24H25N5O6/c1-31-16-12-17(32-2)14-18(13-16)35-15-22(30)25-10-11-34-23-9-8-21-26-27-24(29(21)28-23)19-6-4-5-7-20(19)33-3/h4-9,12-14H,10-11,15H2,1-3H3,(H,25,30). The van der Waals surface area contributed by atoms with Crippen LogP contribution in [0, 0.1) is 0 Å². The average Bonchev–Trinajstić information content (AvgIpc) is 3.32. The molecule has 0 atom stereocenters. The van der Waals surface area contributed by atoms with E-state index in [1.54, 1.807) is 56.2 Å². The van der Waals surface area contributed by atoms with Crippen molar-refractivity contribution < 1.29 is 28.5 Å². The van der Waals surface area contributed by atoms with E-state index in [0.29, 0.717) is 40.3 Å². The second-order valence-electron chi connectivity index (χ2n) is 7.20. The molecule has 0 spiro atoms. The van der Waals surface area contributed by atoms with Crippen LogP contribution < -0.4 is 29.0 Å². The topological polar surface area (TPSA) is 118 Å². The van der Waals surface area contributed by atoms with Gasteiger partial charge in [-0.25, -0.2) is 0 Å². The molecule has 4 rings (SSSR count). The van der Waals surface area contributed by atoms with Crippen LogP contribution in [0.25, 0.3) is 17.0 Å². The van der Waals surface area contributed by atoms with E-state index in [9.17, 15) is 4.79 Å². The Morgan fingerprint density at radius 3 is 2.37 bits per heavy atom. The van der Waals surface area contributed by atoms with Crippen LogP contribution in [0.5, 0.6) is 28.9 Å². The van der Waals surface area contributed by atoms with Gasteiger partial charge in [-0.15, -0.1) is 15.3 Å². The lowest BCUT2D eigenvalue weighted by molar-refractivity contribution is -0.123. The van der Waals surface area contributed by atoms with Gasteiger partial charge in [-0.3, -0.25) is 4.79 Å². The number of nitrogens with one attached hydrogen (secondary N) is 1. The number of carbonyl (C=O) groups is 1. The minimum absolute atomic E-state index is 0.163. The van der Waals surface area contributed by atoms with Crippen LogP contribution in [0.2, 0.25) is 0 Å². The van der Waals surface area contributed by atoms with Gasteiger partial charge in [0.1, 0.15) is 29.6 Å². The lowest BCUT2D eigenvalue weighted by atomic mass is 10.2. The smallest absolute Gasteiger partial charge is 0.258 e. The summed E-state index contributed by atoms with van der Waals surface area (Å²) in [7, 11) is 4.68. The van der Waals surface area contributed by atoms with Crippen molar-refractivity contribution in [1.29, 1.82) is 0 Å². The summed E-state index contributed by atoms with van der Waals surface area (Å²) in [5.41, 5.74) is 1.32. The first-order valence-corrected chi connectivity index (χ1v) is 10.7. The highest BCUT2D eigenvalue weighted by Crippen LogP contribution is 2.29. The first kappa shape index (κ1) is 23.6. The molecule has 0 aliphatic rings. The zero-order valence-corrected chi connectivity index (χ0v) is 19.6. The van der Waals surface area contributed by atoms with E-state index in [-0.39, 0.29) is 25.7 Å². The lowest BCUT2D eigenvalue weighted by Gasteiger charge is -2.11. The molecule has 0 saturated carbocycles. The van der Waals surface area contributed by atoms with E-state index < -0.39 is 0 Å². The first-order valence-electron chi connectivity index (χ1n) is 10.7. The number of carbonyl (C=O) groups excluding carboxylic acids is 1. The Bertz CT molecular complexity index is 1290. The molecular formula is C24H25N5O6. The first-order chi connectivity index (χ1) is 17.1. The third-order valence-electron chi connectivity index (χ3n) is 4.96. The molecule has 4 aromatic rings. The zero-order chi connectivity index (χ0) is 24.6. The Labute approximate surface area is 201 Å². The predicted octanol–water partition coefficient (Wildman–Crippen LogP) is 2.39. The maximum atomic E-state index is 12.1. The number of benzene rings is 2. The SMILES string of the molecule is COc1cc(OC)cc(OCC(=O)NCCOc2ccc3nnc(-c4ccccc4OC)n3n2)c1. The number of hydrogen-bond acceptors (Lipinski definition) is 9. The summed E-state index contributed by atoms with van der Waals surface area (Å²) < 4.78 is 28.6. The monoisotopic (exact) mass is 479 g/mol. The fourth-order valence-electron chi connectivity index (χ4n) is 3.26. The predicted molar refractivity (Wildman–Crippen MR) is 126 cm³/mol. The summed E-state index contributed by atoms with van der Waals surface area (Å²) in [6, 6.07) is 16.0. The van der Waals surface area contributed by atoms with Crippen LogP contribution in [-0.4, -0.2) is 66.8 Å². The third-order valence-corrected chi connectivity index (χ3v) is 4.96. The molecule has 0 fully saturated rings. The Kier molecular flexibility index (Phi) is 7.46. The van der Waals surface area contributed by atoms with Crippen LogP contribution >= 0.6 is 0 Å². The summed E-state index contributed by atoms with van der Waals surface area (Å²) in [6.45, 7) is 0.317. The maximum Gasteiger partial charge on any atom is 0.258 e. The van der Waals surface area contributed by atoms with Crippen molar-refractivity contribution in [2.45, 2.75) is 0 Å². The molecular weight excluding hydrogens is 454 g/mol. The number of aromatic nitrogens is 4.